The third-order valence-corrected chi connectivity index (χ3v) is 2.79. The van der Waals surface area contributed by atoms with E-state index in [1.807, 2.05) is 0 Å². The Morgan fingerprint density at radius 3 is 2.38 bits per heavy atom. The molecule has 0 saturated heterocycles. The number of nitrogens with two attached hydrogens (primary N) is 1. The van der Waals surface area contributed by atoms with E-state index in [9.17, 15) is 0 Å². The molecular weight excluding hydrogens is 198 g/mol. The maximum absolute atomic E-state index is 6.01. The first-order valence-corrected chi connectivity index (χ1v) is 5.78. The first-order chi connectivity index (χ1) is 7.34. The maximum Gasteiger partial charge on any atom is 0.122 e. The SMILES string of the molecule is Cc1ccc(C)c(OC(CN)C(C)(C)C)c1. The van der Waals surface area contributed by atoms with Gasteiger partial charge in [0.2, 0.25) is 0 Å². The summed E-state index contributed by atoms with van der Waals surface area (Å²) in [4.78, 5) is 0. The molecule has 0 spiro atoms. The summed E-state index contributed by atoms with van der Waals surface area (Å²) in [6.07, 6.45) is 0.0491. The molecule has 0 amide bonds. The second-order valence-corrected chi connectivity index (χ2v) is 5.48. The Kier molecular flexibility index (Phi) is 3.98. The fourth-order valence-corrected chi connectivity index (χ4v) is 1.57. The van der Waals surface area contributed by atoms with Gasteiger partial charge < -0.3 is 10.5 Å². The van der Waals surface area contributed by atoms with Gasteiger partial charge in [-0.2, -0.15) is 0 Å². The Balaban J connectivity index is 2.90. The lowest BCUT2D eigenvalue weighted by Crippen LogP contribution is -2.38. The summed E-state index contributed by atoms with van der Waals surface area (Å²) in [5.41, 5.74) is 8.20. The second-order valence-electron chi connectivity index (χ2n) is 5.48. The molecule has 0 aromatic heterocycles. The van der Waals surface area contributed by atoms with Crippen molar-refractivity contribution in [3.05, 3.63) is 29.3 Å². The fourth-order valence-electron chi connectivity index (χ4n) is 1.57. The smallest absolute Gasteiger partial charge is 0.122 e. The second kappa shape index (κ2) is 4.88. The molecule has 90 valence electrons. The van der Waals surface area contributed by atoms with Gasteiger partial charge in [-0.3, -0.25) is 0 Å². The van der Waals surface area contributed by atoms with Gasteiger partial charge in [0, 0.05) is 12.0 Å². The van der Waals surface area contributed by atoms with Crippen molar-refractivity contribution in [1.29, 1.82) is 0 Å². The minimum atomic E-state index is 0.0491. The van der Waals surface area contributed by atoms with Gasteiger partial charge in [0.15, 0.2) is 0 Å². The molecule has 1 atom stereocenters. The van der Waals surface area contributed by atoms with E-state index in [0.29, 0.717) is 6.54 Å². The van der Waals surface area contributed by atoms with Crippen LogP contribution in [0.4, 0.5) is 0 Å². The normalized spacial score (nSPS) is 13.6. The van der Waals surface area contributed by atoms with Crippen molar-refractivity contribution in [2.24, 2.45) is 11.1 Å². The Morgan fingerprint density at radius 2 is 1.88 bits per heavy atom. The number of benzene rings is 1. The maximum atomic E-state index is 6.01. The Morgan fingerprint density at radius 1 is 1.25 bits per heavy atom. The van der Waals surface area contributed by atoms with Crippen LogP contribution in [0.5, 0.6) is 5.75 Å². The molecule has 1 rings (SSSR count). The predicted octanol–water partition coefficient (Wildman–Crippen LogP) is 3.06. The summed E-state index contributed by atoms with van der Waals surface area (Å²) in [5, 5.41) is 0. The Labute approximate surface area is 98.8 Å². The molecule has 2 nitrogen and oxygen atoms in total. The summed E-state index contributed by atoms with van der Waals surface area (Å²) in [6, 6.07) is 6.25. The van der Waals surface area contributed by atoms with Crippen LogP contribution in [0.1, 0.15) is 31.9 Å². The lowest BCUT2D eigenvalue weighted by molar-refractivity contribution is 0.0934. The third-order valence-electron chi connectivity index (χ3n) is 2.79. The van der Waals surface area contributed by atoms with Crippen LogP contribution < -0.4 is 10.5 Å². The quantitative estimate of drug-likeness (QED) is 0.851. The van der Waals surface area contributed by atoms with E-state index in [-0.39, 0.29) is 11.5 Å². The lowest BCUT2D eigenvalue weighted by Gasteiger charge is -2.30. The van der Waals surface area contributed by atoms with Gasteiger partial charge in [-0.1, -0.05) is 32.9 Å². The zero-order valence-electron chi connectivity index (χ0n) is 11.0. The molecule has 0 aliphatic heterocycles. The van der Waals surface area contributed by atoms with Crippen LogP contribution in [0.3, 0.4) is 0 Å². The monoisotopic (exact) mass is 221 g/mol. The van der Waals surface area contributed by atoms with Gasteiger partial charge in [-0.15, -0.1) is 0 Å². The van der Waals surface area contributed by atoms with Crippen molar-refractivity contribution in [2.45, 2.75) is 40.7 Å². The van der Waals surface area contributed by atoms with Crippen molar-refractivity contribution in [3.8, 4) is 5.75 Å². The summed E-state index contributed by atoms with van der Waals surface area (Å²) >= 11 is 0. The van der Waals surface area contributed by atoms with E-state index in [2.05, 4.69) is 52.8 Å². The summed E-state index contributed by atoms with van der Waals surface area (Å²) in [7, 11) is 0. The Hall–Kier alpha value is -1.02. The van der Waals surface area contributed by atoms with Gasteiger partial charge in [0.25, 0.3) is 0 Å². The predicted molar refractivity (Wildman–Crippen MR) is 68.8 cm³/mol. The molecule has 1 aromatic carbocycles. The molecule has 0 fully saturated rings. The van der Waals surface area contributed by atoms with Crippen LogP contribution in [-0.4, -0.2) is 12.6 Å². The van der Waals surface area contributed by atoms with Crippen molar-refractivity contribution in [2.75, 3.05) is 6.54 Å². The molecule has 1 unspecified atom stereocenters. The molecule has 2 heteroatoms. The average Bonchev–Trinajstić information content (AvgIpc) is 2.17. The van der Waals surface area contributed by atoms with Gasteiger partial charge in [0.1, 0.15) is 11.9 Å². The zero-order valence-corrected chi connectivity index (χ0v) is 11.0. The van der Waals surface area contributed by atoms with Crippen LogP contribution in [0.15, 0.2) is 18.2 Å². The topological polar surface area (TPSA) is 35.2 Å². The highest BCUT2D eigenvalue weighted by molar-refractivity contribution is 5.36. The molecule has 0 aliphatic rings. The molecule has 0 heterocycles. The standard InChI is InChI=1S/C14H23NO/c1-10-6-7-11(2)12(8-10)16-13(9-15)14(3,4)5/h6-8,13H,9,15H2,1-5H3. The highest BCUT2D eigenvalue weighted by Crippen LogP contribution is 2.27. The highest BCUT2D eigenvalue weighted by atomic mass is 16.5. The number of rotatable bonds is 3. The van der Waals surface area contributed by atoms with Crippen molar-refractivity contribution < 1.29 is 4.74 Å². The van der Waals surface area contributed by atoms with E-state index in [1.54, 1.807) is 0 Å². The summed E-state index contributed by atoms with van der Waals surface area (Å²) < 4.78 is 6.01. The largest absolute Gasteiger partial charge is 0.488 e. The average molecular weight is 221 g/mol. The fraction of sp³-hybridized carbons (Fsp3) is 0.571. The number of hydrogen-bond acceptors (Lipinski definition) is 2. The molecule has 0 saturated carbocycles. The molecule has 1 aromatic rings. The lowest BCUT2D eigenvalue weighted by atomic mass is 9.89. The van der Waals surface area contributed by atoms with E-state index >= 15 is 0 Å². The molecule has 0 aliphatic carbocycles. The van der Waals surface area contributed by atoms with Crippen molar-refractivity contribution >= 4 is 0 Å². The van der Waals surface area contributed by atoms with Gasteiger partial charge >= 0.3 is 0 Å². The van der Waals surface area contributed by atoms with Crippen molar-refractivity contribution in [3.63, 3.8) is 0 Å². The molecule has 0 bridgehead atoms. The first-order valence-electron chi connectivity index (χ1n) is 5.78. The van der Waals surface area contributed by atoms with Crippen LogP contribution in [0.2, 0.25) is 0 Å². The van der Waals surface area contributed by atoms with E-state index < -0.39 is 0 Å². The molecule has 0 radical (unpaired) electrons. The third kappa shape index (κ3) is 3.24. The Bertz CT molecular complexity index is 352. The van der Waals surface area contributed by atoms with Crippen molar-refractivity contribution in [1.82, 2.24) is 0 Å². The van der Waals surface area contributed by atoms with Crippen LogP contribution in [0, 0.1) is 19.3 Å². The highest BCUT2D eigenvalue weighted by Gasteiger charge is 2.25. The van der Waals surface area contributed by atoms with E-state index in [0.717, 1.165) is 11.3 Å². The number of aryl methyl sites for hydroxylation is 2. The van der Waals surface area contributed by atoms with Crippen LogP contribution in [-0.2, 0) is 0 Å². The van der Waals surface area contributed by atoms with Crippen LogP contribution >= 0.6 is 0 Å². The summed E-state index contributed by atoms with van der Waals surface area (Å²) in [5.74, 6) is 0.949. The molecule has 16 heavy (non-hydrogen) atoms. The molecular formula is C14H23NO. The van der Waals surface area contributed by atoms with Gasteiger partial charge in [-0.25, -0.2) is 0 Å². The van der Waals surface area contributed by atoms with Gasteiger partial charge in [0.05, 0.1) is 0 Å². The van der Waals surface area contributed by atoms with E-state index in [1.165, 1.54) is 5.56 Å². The summed E-state index contributed by atoms with van der Waals surface area (Å²) in [6.45, 7) is 11.1. The number of ether oxygens (including phenoxy) is 1. The number of hydrogen-bond donors (Lipinski definition) is 1. The van der Waals surface area contributed by atoms with Gasteiger partial charge in [-0.05, 0) is 31.0 Å². The molecule has 2 N–H and O–H groups in total. The van der Waals surface area contributed by atoms with Crippen LogP contribution in [0.25, 0.3) is 0 Å². The van der Waals surface area contributed by atoms with E-state index in [4.69, 9.17) is 10.5 Å². The first kappa shape index (κ1) is 13.0. The minimum absolute atomic E-state index is 0.0491. The minimum Gasteiger partial charge on any atom is -0.488 e. The zero-order chi connectivity index (χ0) is 12.3.